The minimum Gasteiger partial charge on any atom is -0.447 e. The SMILES string of the molecule is CCC(C)N(Cc1cccc(C(F)(F)F)c1)Cc1nc(C(=O)NCCOC)co1. The average Bonchev–Trinajstić information content (AvgIpc) is 3.15. The Labute approximate surface area is 168 Å². The molecule has 0 aliphatic rings. The maximum absolute atomic E-state index is 13.0. The van der Waals surface area contributed by atoms with Crippen LogP contribution >= 0.6 is 0 Å². The lowest BCUT2D eigenvalue weighted by molar-refractivity contribution is -0.137. The first-order valence-electron chi connectivity index (χ1n) is 9.36. The van der Waals surface area contributed by atoms with E-state index in [1.165, 1.54) is 19.4 Å². The van der Waals surface area contributed by atoms with Gasteiger partial charge in [-0.3, -0.25) is 9.69 Å². The topological polar surface area (TPSA) is 67.6 Å². The Morgan fingerprint density at radius 1 is 1.34 bits per heavy atom. The van der Waals surface area contributed by atoms with Crippen molar-refractivity contribution in [3.05, 3.63) is 53.2 Å². The van der Waals surface area contributed by atoms with Gasteiger partial charge in [0.25, 0.3) is 5.91 Å². The molecule has 0 aliphatic heterocycles. The van der Waals surface area contributed by atoms with E-state index in [1.807, 2.05) is 18.7 Å². The second-order valence-corrected chi connectivity index (χ2v) is 6.74. The van der Waals surface area contributed by atoms with Crippen LogP contribution in [0.4, 0.5) is 13.2 Å². The van der Waals surface area contributed by atoms with Crippen molar-refractivity contribution in [1.82, 2.24) is 15.2 Å². The first-order chi connectivity index (χ1) is 13.7. The third-order valence-corrected chi connectivity index (χ3v) is 4.57. The van der Waals surface area contributed by atoms with E-state index in [-0.39, 0.29) is 24.2 Å². The summed E-state index contributed by atoms with van der Waals surface area (Å²) in [5, 5.41) is 2.65. The van der Waals surface area contributed by atoms with Gasteiger partial charge >= 0.3 is 6.18 Å². The van der Waals surface area contributed by atoms with E-state index in [0.29, 0.717) is 31.2 Å². The van der Waals surface area contributed by atoms with Gasteiger partial charge in [0, 0.05) is 26.2 Å². The number of halogens is 3. The molecule has 0 aliphatic carbocycles. The molecule has 0 bridgehead atoms. The van der Waals surface area contributed by atoms with Crippen LogP contribution in [0.25, 0.3) is 0 Å². The number of alkyl halides is 3. The normalized spacial score (nSPS) is 12.9. The molecule has 0 fully saturated rings. The number of methoxy groups -OCH3 is 1. The van der Waals surface area contributed by atoms with Crippen molar-refractivity contribution in [3.8, 4) is 0 Å². The van der Waals surface area contributed by atoms with Crippen LogP contribution in [0.3, 0.4) is 0 Å². The highest BCUT2D eigenvalue weighted by atomic mass is 19.4. The molecule has 9 heteroatoms. The molecule has 160 valence electrons. The van der Waals surface area contributed by atoms with Crippen molar-refractivity contribution in [1.29, 1.82) is 0 Å². The molecular formula is C20H26F3N3O3. The summed E-state index contributed by atoms with van der Waals surface area (Å²) in [6, 6.07) is 5.35. The molecule has 1 aromatic heterocycles. The Balaban J connectivity index is 2.09. The molecule has 6 nitrogen and oxygen atoms in total. The summed E-state index contributed by atoms with van der Waals surface area (Å²) >= 11 is 0. The highest BCUT2D eigenvalue weighted by Gasteiger charge is 2.30. The van der Waals surface area contributed by atoms with Crippen LogP contribution in [0.1, 0.15) is 47.8 Å². The van der Waals surface area contributed by atoms with Crippen LogP contribution in [0.2, 0.25) is 0 Å². The van der Waals surface area contributed by atoms with Crippen molar-refractivity contribution in [3.63, 3.8) is 0 Å². The number of ether oxygens (including phenoxy) is 1. The lowest BCUT2D eigenvalue weighted by Crippen LogP contribution is -2.32. The second kappa shape index (κ2) is 10.4. The zero-order valence-corrected chi connectivity index (χ0v) is 16.8. The molecule has 1 aromatic carbocycles. The van der Waals surface area contributed by atoms with Gasteiger partial charge in [-0.05, 0) is 25.0 Å². The summed E-state index contributed by atoms with van der Waals surface area (Å²) in [5.41, 5.74) is 0.0220. The van der Waals surface area contributed by atoms with Crippen LogP contribution in [-0.4, -0.2) is 42.1 Å². The van der Waals surface area contributed by atoms with E-state index >= 15 is 0 Å². The van der Waals surface area contributed by atoms with Crippen LogP contribution in [0.15, 0.2) is 34.9 Å². The van der Waals surface area contributed by atoms with Gasteiger partial charge in [-0.25, -0.2) is 4.98 Å². The number of aromatic nitrogens is 1. The fraction of sp³-hybridized carbons (Fsp3) is 0.500. The minimum atomic E-state index is -4.38. The first kappa shape index (κ1) is 22.9. The van der Waals surface area contributed by atoms with Gasteiger partial charge in [-0.2, -0.15) is 13.2 Å². The molecule has 1 unspecified atom stereocenters. The number of hydrogen-bond donors (Lipinski definition) is 1. The maximum Gasteiger partial charge on any atom is 0.416 e. The smallest absolute Gasteiger partial charge is 0.416 e. The quantitative estimate of drug-likeness (QED) is 0.599. The number of carbonyl (C=O) groups is 1. The highest BCUT2D eigenvalue weighted by molar-refractivity contribution is 5.91. The molecule has 1 amide bonds. The zero-order valence-electron chi connectivity index (χ0n) is 16.8. The van der Waals surface area contributed by atoms with Gasteiger partial charge in [0.05, 0.1) is 18.7 Å². The van der Waals surface area contributed by atoms with Crippen molar-refractivity contribution >= 4 is 5.91 Å². The van der Waals surface area contributed by atoms with Gasteiger partial charge in [-0.1, -0.05) is 25.1 Å². The molecule has 0 saturated carbocycles. The van der Waals surface area contributed by atoms with E-state index < -0.39 is 11.7 Å². The monoisotopic (exact) mass is 413 g/mol. The van der Waals surface area contributed by atoms with Gasteiger partial charge < -0.3 is 14.5 Å². The molecule has 2 aromatic rings. The molecule has 1 heterocycles. The number of carbonyl (C=O) groups excluding carboxylic acids is 1. The number of benzene rings is 1. The number of rotatable bonds is 10. The van der Waals surface area contributed by atoms with Crippen LogP contribution in [-0.2, 0) is 24.0 Å². The minimum absolute atomic E-state index is 0.0791. The number of hydrogen-bond acceptors (Lipinski definition) is 5. The Kier molecular flexibility index (Phi) is 8.21. The van der Waals surface area contributed by atoms with Crippen LogP contribution in [0, 0.1) is 0 Å². The largest absolute Gasteiger partial charge is 0.447 e. The lowest BCUT2D eigenvalue weighted by Gasteiger charge is -2.27. The highest BCUT2D eigenvalue weighted by Crippen LogP contribution is 2.30. The summed E-state index contributed by atoms with van der Waals surface area (Å²) in [6.45, 7) is 5.29. The van der Waals surface area contributed by atoms with Gasteiger partial charge in [0.1, 0.15) is 6.26 Å². The van der Waals surface area contributed by atoms with Crippen molar-refractivity contribution in [2.45, 2.75) is 45.6 Å². The van der Waals surface area contributed by atoms with E-state index in [4.69, 9.17) is 9.15 Å². The Morgan fingerprint density at radius 2 is 2.10 bits per heavy atom. The molecule has 0 saturated heterocycles. The number of nitrogens with one attached hydrogen (secondary N) is 1. The van der Waals surface area contributed by atoms with Gasteiger partial charge in [0.15, 0.2) is 5.69 Å². The summed E-state index contributed by atoms with van der Waals surface area (Å²) in [6.07, 6.45) is -2.31. The second-order valence-electron chi connectivity index (χ2n) is 6.74. The number of nitrogens with zero attached hydrogens (tertiary/aromatic N) is 2. The fourth-order valence-corrected chi connectivity index (χ4v) is 2.73. The molecule has 0 spiro atoms. The molecule has 0 radical (unpaired) electrons. The van der Waals surface area contributed by atoms with Crippen molar-refractivity contribution in [2.24, 2.45) is 0 Å². The Hall–Kier alpha value is -2.39. The Bertz CT molecular complexity index is 793. The number of amides is 1. The molecule has 2 rings (SSSR count). The van der Waals surface area contributed by atoms with E-state index in [2.05, 4.69) is 10.3 Å². The van der Waals surface area contributed by atoms with Crippen molar-refractivity contribution < 1.29 is 27.1 Å². The standard InChI is InChI=1S/C20H26F3N3O3/c1-4-14(2)26(11-15-6-5-7-16(10-15)20(21,22)23)12-18-25-17(13-29-18)19(27)24-8-9-28-3/h5-7,10,13-14H,4,8-9,11-12H2,1-3H3,(H,24,27). The number of oxazole rings is 1. The lowest BCUT2D eigenvalue weighted by atomic mass is 10.1. The van der Waals surface area contributed by atoms with Crippen LogP contribution < -0.4 is 5.32 Å². The van der Waals surface area contributed by atoms with Gasteiger partial charge in [-0.15, -0.1) is 0 Å². The molecule has 1 N–H and O–H groups in total. The third-order valence-electron chi connectivity index (χ3n) is 4.57. The predicted molar refractivity (Wildman–Crippen MR) is 101 cm³/mol. The maximum atomic E-state index is 13.0. The summed E-state index contributed by atoms with van der Waals surface area (Å²) < 4.78 is 49.2. The zero-order chi connectivity index (χ0) is 21.4. The molecule has 1 atom stereocenters. The summed E-state index contributed by atoms with van der Waals surface area (Å²) in [4.78, 5) is 18.2. The fourth-order valence-electron chi connectivity index (χ4n) is 2.73. The van der Waals surface area contributed by atoms with Crippen molar-refractivity contribution in [2.75, 3.05) is 20.3 Å². The van der Waals surface area contributed by atoms with E-state index in [1.54, 1.807) is 6.07 Å². The average molecular weight is 413 g/mol. The predicted octanol–water partition coefficient (Wildman–Crippen LogP) is 3.87. The Morgan fingerprint density at radius 3 is 2.76 bits per heavy atom. The molecule has 29 heavy (non-hydrogen) atoms. The van der Waals surface area contributed by atoms with Gasteiger partial charge in [0.2, 0.25) is 5.89 Å². The van der Waals surface area contributed by atoms with E-state index in [9.17, 15) is 18.0 Å². The first-order valence-corrected chi connectivity index (χ1v) is 9.36. The van der Waals surface area contributed by atoms with Crippen LogP contribution in [0.5, 0.6) is 0 Å². The van der Waals surface area contributed by atoms with E-state index in [0.717, 1.165) is 18.6 Å². The summed E-state index contributed by atoms with van der Waals surface area (Å²) in [7, 11) is 1.54. The third kappa shape index (κ3) is 6.86. The summed E-state index contributed by atoms with van der Waals surface area (Å²) in [5.74, 6) is -0.0424. The molecular weight excluding hydrogens is 387 g/mol.